The highest BCUT2D eigenvalue weighted by atomic mass is 32.1. The average Bonchev–Trinajstić information content (AvgIpc) is 3.01. The van der Waals surface area contributed by atoms with Crippen LogP contribution in [0.4, 0.5) is 5.82 Å². The van der Waals surface area contributed by atoms with E-state index in [9.17, 15) is 0 Å². The quantitative estimate of drug-likeness (QED) is 0.798. The molecule has 2 N–H and O–H groups in total. The fourth-order valence-electron chi connectivity index (χ4n) is 2.03. The smallest absolute Gasteiger partial charge is 0.195 e. The standard InChI is InChI=1S/C13H13N3O2S/c1-17-8-3-4-11(18-2)9(5-8)10-7-19-13-15-6-12(14)16(10)13/h3-7H,14H2,1-2H3. The summed E-state index contributed by atoms with van der Waals surface area (Å²) in [6.45, 7) is 0. The van der Waals surface area contributed by atoms with Gasteiger partial charge in [-0.1, -0.05) is 0 Å². The van der Waals surface area contributed by atoms with Gasteiger partial charge in [0.15, 0.2) is 4.96 Å². The van der Waals surface area contributed by atoms with Crippen molar-refractivity contribution in [1.82, 2.24) is 9.38 Å². The lowest BCUT2D eigenvalue weighted by atomic mass is 10.1. The van der Waals surface area contributed by atoms with E-state index in [0.29, 0.717) is 5.82 Å². The molecule has 19 heavy (non-hydrogen) atoms. The van der Waals surface area contributed by atoms with E-state index in [1.54, 1.807) is 20.4 Å². The van der Waals surface area contributed by atoms with E-state index in [1.807, 2.05) is 28.0 Å². The Morgan fingerprint density at radius 3 is 2.84 bits per heavy atom. The first-order chi connectivity index (χ1) is 9.24. The van der Waals surface area contributed by atoms with Crippen molar-refractivity contribution in [2.24, 2.45) is 0 Å². The van der Waals surface area contributed by atoms with E-state index < -0.39 is 0 Å². The largest absolute Gasteiger partial charge is 0.497 e. The van der Waals surface area contributed by atoms with Crippen molar-refractivity contribution in [3.05, 3.63) is 29.8 Å². The van der Waals surface area contributed by atoms with Gasteiger partial charge in [0.1, 0.15) is 17.3 Å². The number of imidazole rings is 1. The Labute approximate surface area is 114 Å². The minimum atomic E-state index is 0.608. The van der Waals surface area contributed by atoms with Crippen LogP contribution < -0.4 is 15.2 Å². The highest BCUT2D eigenvalue weighted by Gasteiger charge is 2.14. The van der Waals surface area contributed by atoms with Gasteiger partial charge >= 0.3 is 0 Å². The molecule has 0 amide bonds. The maximum Gasteiger partial charge on any atom is 0.195 e. The number of anilines is 1. The molecule has 0 aliphatic carbocycles. The van der Waals surface area contributed by atoms with E-state index in [-0.39, 0.29) is 0 Å². The molecule has 0 saturated carbocycles. The van der Waals surface area contributed by atoms with Crippen LogP contribution in [0.5, 0.6) is 11.5 Å². The Kier molecular flexibility index (Phi) is 2.79. The number of hydrogen-bond acceptors (Lipinski definition) is 5. The molecule has 5 nitrogen and oxygen atoms in total. The lowest BCUT2D eigenvalue weighted by Gasteiger charge is -2.10. The molecule has 2 aromatic heterocycles. The van der Waals surface area contributed by atoms with Crippen LogP contribution in [0.25, 0.3) is 16.2 Å². The first kappa shape index (κ1) is 11.9. The summed E-state index contributed by atoms with van der Waals surface area (Å²) >= 11 is 1.54. The highest BCUT2D eigenvalue weighted by Crippen LogP contribution is 2.36. The second-order valence-corrected chi connectivity index (χ2v) is 4.82. The van der Waals surface area contributed by atoms with Gasteiger partial charge < -0.3 is 15.2 Å². The van der Waals surface area contributed by atoms with Gasteiger partial charge in [-0.15, -0.1) is 11.3 Å². The van der Waals surface area contributed by atoms with Gasteiger partial charge in [0, 0.05) is 10.9 Å². The minimum absolute atomic E-state index is 0.608. The summed E-state index contributed by atoms with van der Waals surface area (Å²) in [4.78, 5) is 5.11. The number of nitrogens with zero attached hydrogens (tertiary/aromatic N) is 2. The molecule has 0 saturated heterocycles. The topological polar surface area (TPSA) is 61.8 Å². The maximum atomic E-state index is 5.96. The summed E-state index contributed by atoms with van der Waals surface area (Å²) in [5.41, 5.74) is 7.83. The average molecular weight is 275 g/mol. The summed E-state index contributed by atoms with van der Waals surface area (Å²) < 4.78 is 12.6. The lowest BCUT2D eigenvalue weighted by molar-refractivity contribution is 0.404. The van der Waals surface area contributed by atoms with E-state index in [4.69, 9.17) is 15.2 Å². The second kappa shape index (κ2) is 4.47. The summed E-state index contributed by atoms with van der Waals surface area (Å²) in [6, 6.07) is 5.67. The van der Waals surface area contributed by atoms with Crippen LogP contribution in [-0.2, 0) is 0 Å². The zero-order valence-corrected chi connectivity index (χ0v) is 11.4. The molecule has 6 heteroatoms. The molecule has 0 fully saturated rings. The Balaban J connectivity index is 2.27. The summed E-state index contributed by atoms with van der Waals surface area (Å²) in [7, 11) is 3.28. The first-order valence-corrected chi connectivity index (χ1v) is 6.55. The van der Waals surface area contributed by atoms with Gasteiger partial charge in [0.05, 0.1) is 26.1 Å². The first-order valence-electron chi connectivity index (χ1n) is 5.67. The summed E-state index contributed by atoms with van der Waals surface area (Å²) in [6.07, 6.45) is 1.65. The number of nitrogens with two attached hydrogens (primary N) is 1. The second-order valence-electron chi connectivity index (χ2n) is 3.99. The van der Waals surface area contributed by atoms with E-state index >= 15 is 0 Å². The third kappa shape index (κ3) is 1.80. The molecule has 3 rings (SSSR count). The summed E-state index contributed by atoms with van der Waals surface area (Å²) in [5.74, 6) is 2.15. The Morgan fingerprint density at radius 1 is 1.26 bits per heavy atom. The van der Waals surface area contributed by atoms with Crippen LogP contribution in [0.2, 0.25) is 0 Å². The van der Waals surface area contributed by atoms with Crippen molar-refractivity contribution < 1.29 is 9.47 Å². The van der Waals surface area contributed by atoms with Gasteiger partial charge in [-0.05, 0) is 18.2 Å². The highest BCUT2D eigenvalue weighted by molar-refractivity contribution is 7.15. The van der Waals surface area contributed by atoms with Crippen molar-refractivity contribution in [3.8, 4) is 22.8 Å². The maximum absolute atomic E-state index is 5.96. The van der Waals surface area contributed by atoms with Crippen LogP contribution >= 0.6 is 11.3 Å². The van der Waals surface area contributed by atoms with Crippen molar-refractivity contribution >= 4 is 22.1 Å². The third-order valence-electron chi connectivity index (χ3n) is 2.96. The predicted octanol–water partition coefficient (Wildman–Crippen LogP) is 2.66. The zero-order valence-electron chi connectivity index (χ0n) is 10.6. The fourth-order valence-corrected chi connectivity index (χ4v) is 2.90. The molecule has 3 aromatic rings. The molecule has 0 unspecified atom stereocenters. The van der Waals surface area contributed by atoms with Crippen molar-refractivity contribution in [2.75, 3.05) is 20.0 Å². The van der Waals surface area contributed by atoms with Crippen molar-refractivity contribution in [3.63, 3.8) is 0 Å². The van der Waals surface area contributed by atoms with Gasteiger partial charge in [-0.25, -0.2) is 4.98 Å². The lowest BCUT2D eigenvalue weighted by Crippen LogP contribution is -1.95. The number of hydrogen-bond donors (Lipinski definition) is 1. The Bertz CT molecular complexity index is 733. The fraction of sp³-hybridized carbons (Fsp3) is 0.154. The van der Waals surface area contributed by atoms with Crippen LogP contribution in [0.15, 0.2) is 29.8 Å². The molecule has 0 aliphatic heterocycles. The number of nitrogen functional groups attached to an aromatic ring is 1. The molecule has 0 aliphatic rings. The predicted molar refractivity (Wildman–Crippen MR) is 76.0 cm³/mol. The van der Waals surface area contributed by atoms with Gasteiger partial charge in [-0.2, -0.15) is 0 Å². The number of benzene rings is 1. The van der Waals surface area contributed by atoms with Gasteiger partial charge in [0.25, 0.3) is 0 Å². The normalized spacial score (nSPS) is 10.8. The van der Waals surface area contributed by atoms with Crippen molar-refractivity contribution in [1.29, 1.82) is 0 Å². The number of thiazole rings is 1. The molecular formula is C13H13N3O2S. The molecule has 0 radical (unpaired) electrons. The van der Waals surface area contributed by atoms with Crippen molar-refractivity contribution in [2.45, 2.75) is 0 Å². The molecular weight excluding hydrogens is 262 g/mol. The van der Waals surface area contributed by atoms with Crippen LogP contribution in [0.3, 0.4) is 0 Å². The number of rotatable bonds is 3. The molecule has 98 valence electrons. The Hall–Kier alpha value is -2.21. The van der Waals surface area contributed by atoms with Gasteiger partial charge in [0.2, 0.25) is 0 Å². The monoisotopic (exact) mass is 275 g/mol. The van der Waals surface area contributed by atoms with E-state index in [1.165, 1.54) is 11.3 Å². The number of aromatic nitrogens is 2. The SMILES string of the molecule is COc1ccc(OC)c(-c2csc3ncc(N)n23)c1. The molecule has 0 bridgehead atoms. The molecule has 0 atom stereocenters. The number of fused-ring (bicyclic) bond motifs is 1. The van der Waals surface area contributed by atoms with Gasteiger partial charge in [-0.3, -0.25) is 4.40 Å². The molecule has 2 heterocycles. The zero-order chi connectivity index (χ0) is 13.4. The van der Waals surface area contributed by atoms with E-state index in [0.717, 1.165) is 27.7 Å². The molecule has 1 aromatic carbocycles. The minimum Gasteiger partial charge on any atom is -0.497 e. The van der Waals surface area contributed by atoms with Crippen LogP contribution in [-0.4, -0.2) is 23.6 Å². The molecule has 0 spiro atoms. The summed E-state index contributed by atoms with van der Waals surface area (Å²) in [5, 5.41) is 2.01. The van der Waals surface area contributed by atoms with E-state index in [2.05, 4.69) is 4.98 Å². The van der Waals surface area contributed by atoms with Crippen LogP contribution in [0.1, 0.15) is 0 Å². The van der Waals surface area contributed by atoms with Crippen LogP contribution in [0, 0.1) is 0 Å². The number of methoxy groups -OCH3 is 2. The third-order valence-corrected chi connectivity index (χ3v) is 3.80. The Morgan fingerprint density at radius 2 is 2.11 bits per heavy atom. The number of ether oxygens (including phenoxy) is 2.